The van der Waals surface area contributed by atoms with Crippen molar-refractivity contribution in [2.45, 2.75) is 0 Å². The number of rotatable bonds is 9. The summed E-state index contributed by atoms with van der Waals surface area (Å²) in [7, 11) is 8.03. The molecule has 0 aromatic heterocycles. The predicted octanol–water partition coefficient (Wildman–Crippen LogP) is 7.34. The zero-order valence-electron chi connectivity index (χ0n) is 29.8. The normalized spacial score (nSPS) is 13.4. The van der Waals surface area contributed by atoms with Crippen LogP contribution >= 0.6 is 0 Å². The van der Waals surface area contributed by atoms with Gasteiger partial charge in [0.1, 0.15) is 43.3 Å². The van der Waals surface area contributed by atoms with Gasteiger partial charge in [0.05, 0.1) is 76.8 Å². The van der Waals surface area contributed by atoms with Crippen LogP contribution in [0.2, 0.25) is 0 Å². The Hall–Kier alpha value is -6.26. The molecule has 6 aromatic rings. The Bertz CT molecular complexity index is 2010. The Morgan fingerprint density at radius 1 is 0.308 bits per heavy atom. The molecule has 0 saturated carbocycles. The lowest BCUT2D eigenvalue weighted by atomic mass is 10.0. The van der Waals surface area contributed by atoms with Gasteiger partial charge in [-0.1, -0.05) is 0 Å². The lowest BCUT2D eigenvalue weighted by Gasteiger charge is -2.50. The molecule has 6 aromatic carbocycles. The summed E-state index contributed by atoms with van der Waals surface area (Å²) in [6, 6.07) is 37.7. The largest absolute Gasteiger partial charge is 0.497 e. The molecule has 0 aliphatic carbocycles. The molecule has 0 saturated heterocycles. The SMILES string of the molecule is COc1ccc(N2c3cc(OC)cc4c3[SiH]3c5c2cc(OC)cc5N(c2ccc(OC)cc2)c2cc(OC)cc(c23)N4c2ccc(OC)cc2)cc1. The summed E-state index contributed by atoms with van der Waals surface area (Å²) in [6.07, 6.45) is 0. The van der Waals surface area contributed by atoms with E-state index in [0.717, 1.165) is 85.7 Å². The molecule has 0 unspecified atom stereocenters. The van der Waals surface area contributed by atoms with Crippen LogP contribution in [0, 0.1) is 0 Å². The zero-order valence-corrected chi connectivity index (χ0v) is 30.9. The van der Waals surface area contributed by atoms with E-state index in [2.05, 4.69) is 87.5 Å². The van der Waals surface area contributed by atoms with Gasteiger partial charge >= 0.3 is 0 Å². The van der Waals surface area contributed by atoms with Crippen LogP contribution in [-0.2, 0) is 0 Å². The Kier molecular flexibility index (Phi) is 7.44. The Balaban J connectivity index is 1.44. The van der Waals surface area contributed by atoms with Gasteiger partial charge in [0.2, 0.25) is 0 Å². The first-order valence-corrected chi connectivity index (χ1v) is 18.7. The average Bonchev–Trinajstić information content (AvgIpc) is 3.20. The van der Waals surface area contributed by atoms with E-state index in [1.54, 1.807) is 42.7 Å². The highest BCUT2D eigenvalue weighted by molar-refractivity contribution is 7.02. The molecule has 0 atom stereocenters. The topological polar surface area (TPSA) is 65.1 Å². The average molecular weight is 708 g/mol. The first-order chi connectivity index (χ1) is 25.5. The van der Waals surface area contributed by atoms with Gasteiger partial charge in [-0.2, -0.15) is 0 Å². The molecule has 0 fully saturated rings. The number of hydrogen-bond donors (Lipinski definition) is 0. The minimum Gasteiger partial charge on any atom is -0.497 e. The van der Waals surface area contributed by atoms with Crippen molar-refractivity contribution in [3.05, 3.63) is 109 Å². The highest BCUT2D eigenvalue weighted by Crippen LogP contribution is 2.53. The van der Waals surface area contributed by atoms with Crippen molar-refractivity contribution in [1.29, 1.82) is 0 Å². The van der Waals surface area contributed by atoms with Crippen LogP contribution in [0.1, 0.15) is 0 Å². The van der Waals surface area contributed by atoms with Gasteiger partial charge in [-0.05, 0) is 88.4 Å². The standard InChI is InChI=1S/C42H37N3O6Si/c1-46-28-13-7-25(8-14-28)43-34-19-31(49-4)21-36-40(34)52-41-35(43)20-32(50-5)22-37(41)45(27-11-17-30(48-3)18-12-27)39-24-33(51-6)23-38(42(39)52)44(36)26-9-15-29(47-2)16-10-26/h7-24,52H,1-6H3. The minimum absolute atomic E-state index is 0.758. The number of benzene rings is 6. The maximum atomic E-state index is 6.07. The Morgan fingerprint density at radius 2 is 0.519 bits per heavy atom. The van der Waals surface area contributed by atoms with Gasteiger partial charge in [0, 0.05) is 53.5 Å². The molecule has 52 heavy (non-hydrogen) atoms. The molecule has 0 bridgehead atoms. The summed E-state index contributed by atoms with van der Waals surface area (Å²) in [5.41, 5.74) is 9.45. The van der Waals surface area contributed by atoms with Gasteiger partial charge in [-0.25, -0.2) is 0 Å². The second-order valence-corrected chi connectivity index (χ2v) is 15.4. The zero-order chi connectivity index (χ0) is 35.7. The van der Waals surface area contributed by atoms with Crippen LogP contribution in [0.5, 0.6) is 34.5 Å². The monoisotopic (exact) mass is 707 g/mol. The smallest absolute Gasteiger partial charge is 0.149 e. The Labute approximate surface area is 304 Å². The van der Waals surface area contributed by atoms with Crippen LogP contribution in [0.15, 0.2) is 109 Å². The molecule has 10 heteroatoms. The maximum Gasteiger partial charge on any atom is 0.149 e. The number of anilines is 9. The lowest BCUT2D eigenvalue weighted by Crippen LogP contribution is -2.64. The molecule has 0 N–H and O–H groups in total. The van der Waals surface area contributed by atoms with Crippen molar-refractivity contribution < 1.29 is 28.4 Å². The van der Waals surface area contributed by atoms with E-state index >= 15 is 0 Å². The molecular weight excluding hydrogens is 671 g/mol. The number of hydrogen-bond acceptors (Lipinski definition) is 9. The molecule has 0 radical (unpaired) electrons. The quantitative estimate of drug-likeness (QED) is 0.144. The van der Waals surface area contributed by atoms with Crippen molar-refractivity contribution in [1.82, 2.24) is 0 Å². The molecule has 3 aliphatic rings. The van der Waals surface area contributed by atoms with Crippen molar-refractivity contribution >= 4 is 75.5 Å². The van der Waals surface area contributed by atoms with Gasteiger partial charge < -0.3 is 43.1 Å². The summed E-state index contributed by atoms with van der Waals surface area (Å²) in [6.45, 7) is 0. The lowest BCUT2D eigenvalue weighted by molar-refractivity contribution is 0.414. The van der Waals surface area contributed by atoms with E-state index in [1.165, 1.54) is 15.6 Å². The van der Waals surface area contributed by atoms with Crippen LogP contribution in [0.4, 0.5) is 51.2 Å². The minimum atomic E-state index is -2.22. The molecule has 0 amide bonds. The number of methoxy groups -OCH3 is 6. The van der Waals surface area contributed by atoms with Gasteiger partial charge in [-0.15, -0.1) is 0 Å². The third-order valence-electron chi connectivity index (χ3n) is 10.3. The highest BCUT2D eigenvalue weighted by Gasteiger charge is 2.49. The van der Waals surface area contributed by atoms with E-state index in [9.17, 15) is 0 Å². The van der Waals surface area contributed by atoms with Gasteiger partial charge in [0.25, 0.3) is 0 Å². The van der Waals surface area contributed by atoms with Crippen LogP contribution in [0.25, 0.3) is 0 Å². The summed E-state index contributed by atoms with van der Waals surface area (Å²) in [4.78, 5) is 7.05. The van der Waals surface area contributed by atoms with Crippen molar-refractivity contribution in [2.24, 2.45) is 0 Å². The van der Waals surface area contributed by atoms with E-state index in [4.69, 9.17) is 28.4 Å². The third-order valence-corrected chi connectivity index (χ3v) is 13.8. The van der Waals surface area contributed by atoms with Crippen LogP contribution in [-0.4, -0.2) is 51.5 Å². The molecule has 260 valence electrons. The summed E-state index contributed by atoms with van der Waals surface area (Å²) in [5.74, 6) is 4.64. The number of ether oxygens (including phenoxy) is 6. The second-order valence-electron chi connectivity index (χ2n) is 12.8. The van der Waals surface area contributed by atoms with E-state index in [0.29, 0.717) is 0 Å². The van der Waals surface area contributed by atoms with E-state index < -0.39 is 8.80 Å². The van der Waals surface area contributed by atoms with Crippen LogP contribution < -0.4 is 58.7 Å². The van der Waals surface area contributed by atoms with Gasteiger partial charge in [-0.3, -0.25) is 0 Å². The third kappa shape index (κ3) is 4.60. The molecule has 0 spiro atoms. The molecular formula is C42H37N3O6Si. The molecule has 9 nitrogen and oxygen atoms in total. The van der Waals surface area contributed by atoms with E-state index in [-0.39, 0.29) is 0 Å². The predicted molar refractivity (Wildman–Crippen MR) is 209 cm³/mol. The second kappa shape index (κ2) is 12.2. The van der Waals surface area contributed by atoms with Crippen molar-refractivity contribution in [2.75, 3.05) is 57.4 Å². The Morgan fingerprint density at radius 3 is 0.712 bits per heavy atom. The summed E-state index contributed by atoms with van der Waals surface area (Å²) in [5, 5.41) is 3.92. The molecule has 3 heterocycles. The van der Waals surface area contributed by atoms with Crippen molar-refractivity contribution in [3.8, 4) is 34.5 Å². The maximum absolute atomic E-state index is 6.07. The molecule has 3 aliphatic heterocycles. The highest BCUT2D eigenvalue weighted by atomic mass is 28.3. The fourth-order valence-corrected chi connectivity index (χ4v) is 11.9. The first kappa shape index (κ1) is 31.7. The van der Waals surface area contributed by atoms with Crippen LogP contribution in [0.3, 0.4) is 0 Å². The summed E-state index contributed by atoms with van der Waals surface area (Å²) < 4.78 is 35.0. The van der Waals surface area contributed by atoms with Crippen molar-refractivity contribution in [3.63, 3.8) is 0 Å². The summed E-state index contributed by atoms with van der Waals surface area (Å²) >= 11 is 0. The van der Waals surface area contributed by atoms with Gasteiger partial charge in [0.15, 0.2) is 0 Å². The fourth-order valence-electron chi connectivity index (χ4n) is 8.00. The first-order valence-electron chi connectivity index (χ1n) is 17.0. The number of nitrogens with zero attached hydrogens (tertiary/aromatic N) is 3. The van der Waals surface area contributed by atoms with E-state index in [1.807, 2.05) is 36.4 Å². The molecule has 9 rings (SSSR count). The fraction of sp³-hybridized carbons (Fsp3) is 0.143.